The third kappa shape index (κ3) is 3.89. The van der Waals surface area contributed by atoms with Gasteiger partial charge in [-0.3, -0.25) is 0 Å². The van der Waals surface area contributed by atoms with Crippen LogP contribution in [0.3, 0.4) is 0 Å². The van der Waals surface area contributed by atoms with E-state index in [1.54, 1.807) is 55.5 Å². The van der Waals surface area contributed by atoms with E-state index in [0.717, 1.165) is 0 Å². The highest BCUT2D eigenvalue weighted by atomic mass is 16.5. The van der Waals surface area contributed by atoms with Crippen LogP contribution in [0, 0.1) is 11.3 Å². The third-order valence-electron chi connectivity index (χ3n) is 4.62. The molecule has 0 spiro atoms. The van der Waals surface area contributed by atoms with Gasteiger partial charge in [0.1, 0.15) is 17.4 Å². The predicted molar refractivity (Wildman–Crippen MR) is 108 cm³/mol. The van der Waals surface area contributed by atoms with Crippen LogP contribution in [0.25, 0.3) is 5.76 Å². The SMILES string of the molecule is CCOC(=O)C1=C(c2ccccc2)OC(N)=C(C#N)C1c1ccc(C(=O)OC)cc1. The van der Waals surface area contributed by atoms with Crippen molar-refractivity contribution in [3.8, 4) is 6.07 Å². The smallest absolute Gasteiger partial charge is 0.338 e. The van der Waals surface area contributed by atoms with E-state index in [2.05, 4.69) is 0 Å². The van der Waals surface area contributed by atoms with E-state index in [1.165, 1.54) is 7.11 Å². The summed E-state index contributed by atoms with van der Waals surface area (Å²) in [6, 6.07) is 17.4. The van der Waals surface area contributed by atoms with Gasteiger partial charge in [-0.2, -0.15) is 5.26 Å². The van der Waals surface area contributed by atoms with Gasteiger partial charge in [0.05, 0.1) is 30.8 Å². The zero-order valence-electron chi connectivity index (χ0n) is 16.5. The van der Waals surface area contributed by atoms with E-state index >= 15 is 0 Å². The van der Waals surface area contributed by atoms with Crippen LogP contribution in [-0.2, 0) is 19.0 Å². The first-order valence-corrected chi connectivity index (χ1v) is 9.24. The van der Waals surface area contributed by atoms with Crippen LogP contribution in [0.4, 0.5) is 0 Å². The molecule has 0 fully saturated rings. The van der Waals surface area contributed by atoms with Gasteiger partial charge in [0.25, 0.3) is 0 Å². The molecule has 2 aromatic rings. The standard InChI is InChI=1S/C23H20N2O5/c1-3-29-23(27)19-18(14-9-11-16(12-10-14)22(26)28-2)17(13-24)21(25)30-20(19)15-7-5-4-6-8-15/h4-12,18H,3,25H2,1-2H3. The number of carbonyl (C=O) groups excluding carboxylic acids is 2. The Kier molecular flexibility index (Phi) is 6.18. The van der Waals surface area contributed by atoms with Crippen LogP contribution in [0.5, 0.6) is 0 Å². The van der Waals surface area contributed by atoms with Crippen molar-refractivity contribution < 1.29 is 23.8 Å². The van der Waals surface area contributed by atoms with Crippen LogP contribution in [0.1, 0.15) is 34.3 Å². The first kappa shape index (κ1) is 20.7. The first-order chi connectivity index (χ1) is 14.5. The van der Waals surface area contributed by atoms with Gasteiger partial charge >= 0.3 is 11.9 Å². The lowest BCUT2D eigenvalue weighted by atomic mass is 9.81. The maximum atomic E-state index is 12.9. The fourth-order valence-electron chi connectivity index (χ4n) is 3.24. The summed E-state index contributed by atoms with van der Waals surface area (Å²) in [4.78, 5) is 24.7. The van der Waals surface area contributed by atoms with Crippen LogP contribution in [0.2, 0.25) is 0 Å². The van der Waals surface area contributed by atoms with Crippen molar-refractivity contribution in [2.24, 2.45) is 5.73 Å². The van der Waals surface area contributed by atoms with E-state index in [0.29, 0.717) is 16.7 Å². The lowest BCUT2D eigenvalue weighted by Crippen LogP contribution is -2.26. The zero-order chi connectivity index (χ0) is 21.7. The number of hydrogen-bond donors (Lipinski definition) is 1. The summed E-state index contributed by atoms with van der Waals surface area (Å²) in [5, 5.41) is 9.74. The molecule has 3 rings (SSSR count). The number of benzene rings is 2. The summed E-state index contributed by atoms with van der Waals surface area (Å²) in [5.41, 5.74) is 7.86. The topological polar surface area (TPSA) is 112 Å². The highest BCUT2D eigenvalue weighted by molar-refractivity contribution is 6.00. The lowest BCUT2D eigenvalue weighted by Gasteiger charge is -2.28. The number of ether oxygens (including phenoxy) is 3. The van der Waals surface area contributed by atoms with Crippen molar-refractivity contribution in [2.75, 3.05) is 13.7 Å². The molecule has 0 aromatic heterocycles. The van der Waals surface area contributed by atoms with E-state index in [4.69, 9.17) is 19.9 Å². The van der Waals surface area contributed by atoms with Crippen molar-refractivity contribution in [1.82, 2.24) is 0 Å². The lowest BCUT2D eigenvalue weighted by molar-refractivity contribution is -0.138. The molecule has 1 heterocycles. The average Bonchev–Trinajstić information content (AvgIpc) is 2.78. The minimum atomic E-state index is -0.815. The number of esters is 2. The van der Waals surface area contributed by atoms with E-state index in [1.807, 2.05) is 12.1 Å². The summed E-state index contributed by atoms with van der Waals surface area (Å²) >= 11 is 0. The number of carbonyl (C=O) groups is 2. The monoisotopic (exact) mass is 404 g/mol. The molecule has 7 heteroatoms. The molecule has 2 aromatic carbocycles. The van der Waals surface area contributed by atoms with Gasteiger partial charge in [-0.25, -0.2) is 9.59 Å². The number of hydrogen-bond acceptors (Lipinski definition) is 7. The summed E-state index contributed by atoms with van der Waals surface area (Å²) < 4.78 is 15.7. The molecule has 1 aliphatic rings. The van der Waals surface area contributed by atoms with E-state index in [-0.39, 0.29) is 29.4 Å². The average molecular weight is 404 g/mol. The summed E-state index contributed by atoms with van der Waals surface area (Å²) in [5.74, 6) is -1.78. The number of nitrogens with two attached hydrogens (primary N) is 1. The minimum Gasteiger partial charge on any atom is -0.465 e. The minimum absolute atomic E-state index is 0.0866. The van der Waals surface area contributed by atoms with Crippen molar-refractivity contribution in [3.05, 3.63) is 88.3 Å². The van der Waals surface area contributed by atoms with Crippen LogP contribution < -0.4 is 5.73 Å². The van der Waals surface area contributed by atoms with Crippen molar-refractivity contribution in [1.29, 1.82) is 5.26 Å². The Morgan fingerprint density at radius 2 is 1.77 bits per heavy atom. The maximum absolute atomic E-state index is 12.9. The molecule has 7 nitrogen and oxygen atoms in total. The van der Waals surface area contributed by atoms with Gasteiger partial charge in [0.2, 0.25) is 5.88 Å². The molecular formula is C23H20N2O5. The third-order valence-corrected chi connectivity index (χ3v) is 4.62. The molecule has 1 aliphatic heterocycles. The van der Waals surface area contributed by atoms with E-state index in [9.17, 15) is 14.9 Å². The van der Waals surface area contributed by atoms with Crippen LogP contribution in [-0.4, -0.2) is 25.7 Å². The Bertz CT molecular complexity index is 1060. The molecule has 0 radical (unpaired) electrons. The van der Waals surface area contributed by atoms with Gasteiger partial charge in [0, 0.05) is 5.56 Å². The Morgan fingerprint density at radius 1 is 1.10 bits per heavy atom. The molecule has 0 saturated heterocycles. The van der Waals surface area contributed by atoms with Crippen molar-refractivity contribution in [2.45, 2.75) is 12.8 Å². The molecule has 0 bridgehead atoms. The van der Waals surface area contributed by atoms with Crippen molar-refractivity contribution in [3.63, 3.8) is 0 Å². The molecule has 152 valence electrons. The summed E-state index contributed by atoms with van der Waals surface area (Å²) in [7, 11) is 1.29. The van der Waals surface area contributed by atoms with Gasteiger partial charge in [0.15, 0.2) is 0 Å². The van der Waals surface area contributed by atoms with E-state index < -0.39 is 17.9 Å². The molecule has 0 amide bonds. The summed E-state index contributed by atoms with van der Waals surface area (Å²) in [6.45, 7) is 1.85. The Morgan fingerprint density at radius 3 is 2.33 bits per heavy atom. The van der Waals surface area contributed by atoms with Gasteiger partial charge in [-0.05, 0) is 24.6 Å². The molecule has 0 aliphatic carbocycles. The van der Waals surface area contributed by atoms with Crippen molar-refractivity contribution >= 4 is 17.7 Å². The maximum Gasteiger partial charge on any atom is 0.338 e. The number of rotatable bonds is 5. The second-order valence-electron chi connectivity index (χ2n) is 6.37. The Hall–Kier alpha value is -4.05. The van der Waals surface area contributed by atoms with Gasteiger partial charge < -0.3 is 19.9 Å². The quantitative estimate of drug-likeness (QED) is 0.761. The second kappa shape index (κ2) is 8.97. The number of allylic oxidation sites excluding steroid dienone is 1. The number of nitrogens with zero attached hydrogens (tertiary/aromatic N) is 1. The highest BCUT2D eigenvalue weighted by Crippen LogP contribution is 2.42. The largest absolute Gasteiger partial charge is 0.465 e. The molecule has 0 saturated carbocycles. The predicted octanol–water partition coefficient (Wildman–Crippen LogP) is 3.26. The molecule has 2 N–H and O–H groups in total. The van der Waals surface area contributed by atoms with Crippen LogP contribution in [0.15, 0.2) is 71.6 Å². The fraction of sp³-hybridized carbons (Fsp3) is 0.174. The highest BCUT2D eigenvalue weighted by Gasteiger charge is 2.38. The normalized spacial score (nSPS) is 15.8. The molecule has 30 heavy (non-hydrogen) atoms. The Balaban J connectivity index is 2.22. The van der Waals surface area contributed by atoms with Crippen LogP contribution >= 0.6 is 0 Å². The van der Waals surface area contributed by atoms with Gasteiger partial charge in [-0.15, -0.1) is 0 Å². The summed E-state index contributed by atoms with van der Waals surface area (Å²) in [6.07, 6.45) is 0. The molecule has 1 unspecified atom stereocenters. The Labute approximate surface area is 174 Å². The molecule has 1 atom stereocenters. The zero-order valence-corrected chi connectivity index (χ0v) is 16.5. The second-order valence-corrected chi connectivity index (χ2v) is 6.37. The fourth-order valence-corrected chi connectivity index (χ4v) is 3.24. The first-order valence-electron chi connectivity index (χ1n) is 9.24. The number of nitriles is 1. The number of methoxy groups -OCH3 is 1. The van der Waals surface area contributed by atoms with Gasteiger partial charge in [-0.1, -0.05) is 42.5 Å². The molecular weight excluding hydrogens is 384 g/mol.